The fraction of sp³-hybridized carbons (Fsp3) is 0.190. The molecule has 0 radical (unpaired) electrons. The van der Waals surface area contributed by atoms with Crippen LogP contribution in [0.2, 0.25) is 0 Å². The van der Waals surface area contributed by atoms with E-state index >= 15 is 0 Å². The largest absolute Gasteiger partial charge is 0.493 e. The van der Waals surface area contributed by atoms with Crippen LogP contribution in [0.15, 0.2) is 54.7 Å². The van der Waals surface area contributed by atoms with E-state index in [4.69, 9.17) is 9.47 Å². The van der Waals surface area contributed by atoms with Crippen LogP contribution in [0, 0.1) is 0 Å². The fourth-order valence-electron chi connectivity index (χ4n) is 2.79. The molecule has 1 amide bonds. The number of ether oxygens (including phenoxy) is 2. The van der Waals surface area contributed by atoms with Crippen molar-refractivity contribution < 1.29 is 19.1 Å². The van der Waals surface area contributed by atoms with Crippen LogP contribution in [0.1, 0.15) is 22.8 Å². The number of anilines is 1. The highest BCUT2D eigenvalue weighted by atomic mass is 16.5. The molecule has 144 valence electrons. The van der Waals surface area contributed by atoms with Crippen molar-refractivity contribution in [2.24, 2.45) is 0 Å². The Kier molecular flexibility index (Phi) is 5.74. The Labute approximate surface area is 162 Å². The zero-order chi connectivity index (χ0) is 20.1. The molecule has 0 atom stereocenters. The summed E-state index contributed by atoms with van der Waals surface area (Å²) >= 11 is 0. The highest BCUT2D eigenvalue weighted by Crippen LogP contribution is 2.30. The van der Waals surface area contributed by atoms with Gasteiger partial charge < -0.3 is 14.8 Å². The number of nitrogens with zero attached hydrogens (tertiary/aromatic N) is 2. The topological polar surface area (TPSA) is 82.5 Å². The first-order chi connectivity index (χ1) is 13.5. The first kappa shape index (κ1) is 19.2. The predicted octanol–water partition coefficient (Wildman–Crippen LogP) is 3.27. The maximum Gasteiger partial charge on any atom is 0.229 e. The van der Waals surface area contributed by atoms with Gasteiger partial charge in [0.1, 0.15) is 5.82 Å². The van der Waals surface area contributed by atoms with E-state index in [1.165, 1.54) is 6.92 Å². The number of nitrogens with one attached hydrogen (secondary N) is 1. The van der Waals surface area contributed by atoms with Gasteiger partial charge in [-0.15, -0.1) is 0 Å². The van der Waals surface area contributed by atoms with Crippen LogP contribution in [-0.4, -0.2) is 35.7 Å². The van der Waals surface area contributed by atoms with E-state index in [0.717, 1.165) is 11.3 Å². The van der Waals surface area contributed by atoms with E-state index in [2.05, 4.69) is 10.4 Å². The zero-order valence-electron chi connectivity index (χ0n) is 15.9. The summed E-state index contributed by atoms with van der Waals surface area (Å²) in [7, 11) is 3.13. The second-order valence-corrected chi connectivity index (χ2v) is 6.15. The van der Waals surface area contributed by atoms with Crippen LogP contribution in [0.3, 0.4) is 0 Å². The van der Waals surface area contributed by atoms with Crippen molar-refractivity contribution >= 4 is 17.5 Å². The minimum atomic E-state index is -0.183. The average molecular weight is 379 g/mol. The zero-order valence-corrected chi connectivity index (χ0v) is 15.9. The van der Waals surface area contributed by atoms with Crippen molar-refractivity contribution in [2.45, 2.75) is 13.3 Å². The average Bonchev–Trinajstić information content (AvgIpc) is 3.15. The lowest BCUT2D eigenvalue weighted by molar-refractivity contribution is -0.115. The molecule has 0 unspecified atom stereocenters. The maximum absolute atomic E-state index is 12.4. The summed E-state index contributed by atoms with van der Waals surface area (Å²) in [6.07, 6.45) is 1.79. The lowest BCUT2D eigenvalue weighted by atomic mass is 10.1. The molecule has 0 aliphatic rings. The molecule has 0 spiro atoms. The van der Waals surface area contributed by atoms with Gasteiger partial charge in [-0.25, -0.2) is 4.68 Å². The SMILES string of the molecule is COc1ccc(-n2nccc2NC(=O)Cc2ccc(C(C)=O)cc2)cc1OC. The first-order valence-corrected chi connectivity index (χ1v) is 8.68. The predicted molar refractivity (Wildman–Crippen MR) is 105 cm³/mol. The Hall–Kier alpha value is -3.61. The summed E-state index contributed by atoms with van der Waals surface area (Å²) in [5.41, 5.74) is 2.17. The third-order valence-corrected chi connectivity index (χ3v) is 4.25. The molecule has 3 rings (SSSR count). The number of hydrogen-bond acceptors (Lipinski definition) is 5. The minimum Gasteiger partial charge on any atom is -0.493 e. The van der Waals surface area contributed by atoms with Crippen LogP contribution in [0.25, 0.3) is 5.69 Å². The van der Waals surface area contributed by atoms with Gasteiger partial charge >= 0.3 is 0 Å². The number of ketones is 1. The first-order valence-electron chi connectivity index (χ1n) is 8.68. The number of carbonyl (C=O) groups is 2. The molecule has 0 aliphatic heterocycles. The summed E-state index contributed by atoms with van der Waals surface area (Å²) in [4.78, 5) is 23.8. The Balaban J connectivity index is 1.75. The van der Waals surface area contributed by atoms with E-state index < -0.39 is 0 Å². The van der Waals surface area contributed by atoms with Gasteiger partial charge in [-0.1, -0.05) is 24.3 Å². The van der Waals surface area contributed by atoms with E-state index in [0.29, 0.717) is 22.9 Å². The minimum absolute atomic E-state index is 0.00479. The van der Waals surface area contributed by atoms with Gasteiger partial charge in [0, 0.05) is 17.7 Å². The number of benzene rings is 2. The summed E-state index contributed by atoms with van der Waals surface area (Å²) in [5, 5.41) is 7.14. The van der Waals surface area contributed by atoms with E-state index in [9.17, 15) is 9.59 Å². The van der Waals surface area contributed by atoms with Crippen molar-refractivity contribution in [1.29, 1.82) is 0 Å². The molecular formula is C21H21N3O4. The number of amides is 1. The summed E-state index contributed by atoms with van der Waals surface area (Å²) in [5.74, 6) is 1.53. The molecule has 0 saturated carbocycles. The van der Waals surface area contributed by atoms with Crippen LogP contribution >= 0.6 is 0 Å². The number of hydrogen-bond donors (Lipinski definition) is 1. The second kappa shape index (κ2) is 8.39. The molecule has 7 heteroatoms. The summed E-state index contributed by atoms with van der Waals surface area (Å²) in [6.45, 7) is 1.51. The fourth-order valence-corrected chi connectivity index (χ4v) is 2.79. The Bertz CT molecular complexity index is 993. The summed E-state index contributed by atoms with van der Waals surface area (Å²) < 4.78 is 12.2. The van der Waals surface area contributed by atoms with Crippen molar-refractivity contribution in [3.8, 4) is 17.2 Å². The van der Waals surface area contributed by atoms with Crippen LogP contribution < -0.4 is 14.8 Å². The highest BCUT2D eigenvalue weighted by Gasteiger charge is 2.12. The molecular weight excluding hydrogens is 358 g/mol. The van der Waals surface area contributed by atoms with Crippen molar-refractivity contribution in [1.82, 2.24) is 9.78 Å². The van der Waals surface area contributed by atoms with Gasteiger partial charge in [0.05, 0.1) is 32.5 Å². The van der Waals surface area contributed by atoms with Crippen LogP contribution in [0.4, 0.5) is 5.82 Å². The van der Waals surface area contributed by atoms with E-state index in [-0.39, 0.29) is 18.1 Å². The molecule has 0 aliphatic carbocycles. The van der Waals surface area contributed by atoms with Crippen molar-refractivity contribution in [3.63, 3.8) is 0 Å². The summed E-state index contributed by atoms with van der Waals surface area (Å²) in [6, 6.07) is 14.1. The Morgan fingerprint density at radius 2 is 1.71 bits per heavy atom. The second-order valence-electron chi connectivity index (χ2n) is 6.15. The number of methoxy groups -OCH3 is 2. The smallest absolute Gasteiger partial charge is 0.229 e. The third kappa shape index (κ3) is 4.20. The Morgan fingerprint density at radius 1 is 1.00 bits per heavy atom. The molecule has 0 bridgehead atoms. The van der Waals surface area contributed by atoms with Crippen molar-refractivity contribution in [2.75, 3.05) is 19.5 Å². The third-order valence-electron chi connectivity index (χ3n) is 4.25. The molecule has 7 nitrogen and oxygen atoms in total. The standard InChI is InChI=1S/C21H21N3O4/c1-14(25)16-6-4-15(5-7-16)12-21(26)23-20-10-11-22-24(20)17-8-9-18(27-2)19(13-17)28-3/h4-11,13H,12H2,1-3H3,(H,23,26). The quantitative estimate of drug-likeness (QED) is 0.637. The monoisotopic (exact) mass is 379 g/mol. The Morgan fingerprint density at radius 3 is 2.36 bits per heavy atom. The van der Waals surface area contributed by atoms with Gasteiger partial charge in [0.25, 0.3) is 0 Å². The van der Waals surface area contributed by atoms with E-state index in [1.54, 1.807) is 67.6 Å². The van der Waals surface area contributed by atoms with Crippen molar-refractivity contribution in [3.05, 3.63) is 65.9 Å². The number of Topliss-reactive ketones (excluding diaryl/α,β-unsaturated/α-hetero) is 1. The number of aromatic nitrogens is 2. The molecule has 1 aromatic heterocycles. The molecule has 0 saturated heterocycles. The van der Waals surface area contributed by atoms with Gasteiger partial charge in [0.2, 0.25) is 5.91 Å². The van der Waals surface area contributed by atoms with Gasteiger partial charge in [0.15, 0.2) is 17.3 Å². The molecule has 2 aromatic carbocycles. The van der Waals surface area contributed by atoms with Gasteiger partial charge in [-0.2, -0.15) is 5.10 Å². The number of rotatable bonds is 7. The maximum atomic E-state index is 12.4. The lowest BCUT2D eigenvalue weighted by Crippen LogP contribution is -2.17. The van der Waals surface area contributed by atoms with Gasteiger partial charge in [-0.05, 0) is 24.6 Å². The van der Waals surface area contributed by atoms with E-state index in [1.807, 2.05) is 6.07 Å². The molecule has 1 N–H and O–H groups in total. The molecule has 1 heterocycles. The van der Waals surface area contributed by atoms with Crippen LogP contribution in [-0.2, 0) is 11.2 Å². The molecule has 28 heavy (non-hydrogen) atoms. The normalized spacial score (nSPS) is 10.4. The number of carbonyl (C=O) groups excluding carboxylic acids is 2. The van der Waals surface area contributed by atoms with Crippen LogP contribution in [0.5, 0.6) is 11.5 Å². The molecule has 3 aromatic rings. The van der Waals surface area contributed by atoms with Gasteiger partial charge in [-0.3, -0.25) is 9.59 Å². The lowest BCUT2D eigenvalue weighted by Gasteiger charge is -2.12. The molecule has 0 fully saturated rings. The highest BCUT2D eigenvalue weighted by molar-refractivity contribution is 5.94.